The molecule has 1 amide bonds. The summed E-state index contributed by atoms with van der Waals surface area (Å²) in [5.74, 6) is 1.64. The van der Waals surface area contributed by atoms with Crippen molar-refractivity contribution in [1.29, 1.82) is 0 Å². The minimum absolute atomic E-state index is 0.0633. The maximum absolute atomic E-state index is 11.6. The molecule has 2 rings (SSSR count). The first kappa shape index (κ1) is 20.0. The van der Waals surface area contributed by atoms with Crippen LogP contribution in [0, 0.1) is 11.3 Å². The molecule has 2 unspecified atom stereocenters. The van der Waals surface area contributed by atoms with Crippen LogP contribution in [0.15, 0.2) is 4.99 Å². The van der Waals surface area contributed by atoms with Gasteiger partial charge in [0.2, 0.25) is 5.91 Å². The number of piperidine rings is 1. The van der Waals surface area contributed by atoms with Crippen LogP contribution < -0.4 is 10.6 Å². The molecule has 2 N–H and O–H groups in total. The topological polar surface area (TPSA) is 66.0 Å². The maximum atomic E-state index is 11.6. The predicted molar refractivity (Wildman–Crippen MR) is 102 cm³/mol. The lowest BCUT2D eigenvalue weighted by Gasteiger charge is -2.59. The zero-order chi connectivity index (χ0) is 18.7. The van der Waals surface area contributed by atoms with E-state index in [1.54, 1.807) is 14.2 Å². The number of nitrogens with zero attached hydrogens (tertiary/aromatic N) is 2. The Morgan fingerprint density at radius 1 is 1.28 bits per heavy atom. The lowest BCUT2D eigenvalue weighted by molar-refractivity contribution is -0.177. The molecule has 0 aromatic rings. The molecule has 0 spiro atoms. The summed E-state index contributed by atoms with van der Waals surface area (Å²) in [6.45, 7) is 11.5. The molecule has 1 saturated heterocycles. The zero-order valence-corrected chi connectivity index (χ0v) is 16.8. The fourth-order valence-electron chi connectivity index (χ4n) is 3.98. The van der Waals surface area contributed by atoms with Crippen LogP contribution in [0.3, 0.4) is 0 Å². The Bertz CT molecular complexity index is 498. The number of amides is 1. The van der Waals surface area contributed by atoms with Gasteiger partial charge in [-0.15, -0.1) is 0 Å². The molecule has 0 bridgehead atoms. The molecule has 25 heavy (non-hydrogen) atoms. The normalized spacial score (nSPS) is 29.9. The van der Waals surface area contributed by atoms with Gasteiger partial charge in [0.05, 0.1) is 5.60 Å². The smallest absolute Gasteiger partial charge is 0.220 e. The minimum atomic E-state index is -0.0809. The second-order valence-corrected chi connectivity index (χ2v) is 8.16. The number of carbonyl (C=O) groups is 1. The highest BCUT2D eigenvalue weighted by molar-refractivity contribution is 5.81. The molecule has 2 fully saturated rings. The average Bonchev–Trinajstić information content (AvgIpc) is 2.61. The van der Waals surface area contributed by atoms with E-state index in [1.165, 1.54) is 0 Å². The van der Waals surface area contributed by atoms with Crippen LogP contribution in [0.4, 0.5) is 0 Å². The highest BCUT2D eigenvalue weighted by Gasteiger charge is 2.58. The van der Waals surface area contributed by atoms with E-state index in [1.807, 2.05) is 0 Å². The van der Waals surface area contributed by atoms with Crippen molar-refractivity contribution in [3.63, 3.8) is 0 Å². The molecule has 1 saturated carbocycles. The van der Waals surface area contributed by atoms with Gasteiger partial charge in [0.25, 0.3) is 0 Å². The monoisotopic (exact) mass is 352 g/mol. The molecular formula is C19H36N4O2. The number of guanidine groups is 1. The van der Waals surface area contributed by atoms with Gasteiger partial charge in [-0.3, -0.25) is 9.79 Å². The summed E-state index contributed by atoms with van der Waals surface area (Å²) in [6, 6.07) is 0.367. The first-order valence-corrected chi connectivity index (χ1v) is 9.59. The number of aliphatic imine (C=N–C) groups is 1. The van der Waals surface area contributed by atoms with Crippen molar-refractivity contribution in [2.75, 3.05) is 33.8 Å². The number of rotatable bonds is 5. The molecule has 1 aliphatic carbocycles. The van der Waals surface area contributed by atoms with Gasteiger partial charge >= 0.3 is 0 Å². The van der Waals surface area contributed by atoms with Crippen LogP contribution in [-0.2, 0) is 9.53 Å². The Morgan fingerprint density at radius 3 is 2.40 bits per heavy atom. The fraction of sp³-hybridized carbons (Fsp3) is 0.895. The van der Waals surface area contributed by atoms with E-state index in [0.717, 1.165) is 44.9 Å². The van der Waals surface area contributed by atoms with Crippen LogP contribution in [-0.4, -0.2) is 62.2 Å². The van der Waals surface area contributed by atoms with Crippen molar-refractivity contribution in [2.45, 2.75) is 65.0 Å². The Balaban J connectivity index is 1.93. The quantitative estimate of drug-likeness (QED) is 0.587. The molecule has 144 valence electrons. The summed E-state index contributed by atoms with van der Waals surface area (Å²) in [4.78, 5) is 18.7. The number of hydrogen-bond donors (Lipinski definition) is 2. The average molecular weight is 353 g/mol. The van der Waals surface area contributed by atoms with E-state index < -0.39 is 0 Å². The van der Waals surface area contributed by atoms with E-state index >= 15 is 0 Å². The molecule has 1 aliphatic heterocycles. The van der Waals surface area contributed by atoms with Crippen molar-refractivity contribution in [3.05, 3.63) is 0 Å². The molecule has 0 aromatic heterocycles. The predicted octanol–water partition coefficient (Wildman–Crippen LogP) is 2.00. The van der Waals surface area contributed by atoms with Crippen LogP contribution in [0.2, 0.25) is 0 Å². The van der Waals surface area contributed by atoms with E-state index in [2.05, 4.69) is 43.2 Å². The van der Waals surface area contributed by atoms with Crippen molar-refractivity contribution < 1.29 is 9.53 Å². The third-order valence-corrected chi connectivity index (χ3v) is 6.56. The Hall–Kier alpha value is -1.30. The molecule has 0 radical (unpaired) electrons. The number of ether oxygens (including phenoxy) is 1. The zero-order valence-electron chi connectivity index (χ0n) is 16.8. The summed E-state index contributed by atoms with van der Waals surface area (Å²) >= 11 is 0. The third-order valence-electron chi connectivity index (χ3n) is 6.56. The summed E-state index contributed by atoms with van der Waals surface area (Å²) in [7, 11) is 3.51. The highest BCUT2D eigenvalue weighted by Crippen LogP contribution is 2.51. The third kappa shape index (κ3) is 4.10. The lowest BCUT2D eigenvalue weighted by Crippen LogP contribution is -2.69. The van der Waals surface area contributed by atoms with E-state index in [0.29, 0.717) is 18.4 Å². The Kier molecular flexibility index (Phi) is 6.35. The van der Waals surface area contributed by atoms with Gasteiger partial charge < -0.3 is 20.3 Å². The van der Waals surface area contributed by atoms with Gasteiger partial charge in [-0.05, 0) is 39.0 Å². The number of likely N-dealkylation sites (tertiary alicyclic amines) is 1. The summed E-state index contributed by atoms with van der Waals surface area (Å²) in [5, 5.41) is 6.42. The Labute approximate surface area is 152 Å². The lowest BCUT2D eigenvalue weighted by atomic mass is 9.56. The van der Waals surface area contributed by atoms with Crippen molar-refractivity contribution in [3.8, 4) is 0 Å². The fourth-order valence-corrected chi connectivity index (χ4v) is 3.98. The van der Waals surface area contributed by atoms with Crippen LogP contribution >= 0.6 is 0 Å². The SMILES string of the molecule is CCN=C(NC1CC(C)(OC)C1(C)C)N1CCC(CC(=O)NC)CC1. The van der Waals surface area contributed by atoms with Gasteiger partial charge in [0.1, 0.15) is 0 Å². The first-order valence-electron chi connectivity index (χ1n) is 9.59. The second kappa shape index (κ2) is 7.94. The molecule has 2 atom stereocenters. The van der Waals surface area contributed by atoms with E-state index in [4.69, 9.17) is 9.73 Å². The number of nitrogens with one attached hydrogen (secondary N) is 2. The first-order chi connectivity index (χ1) is 11.8. The van der Waals surface area contributed by atoms with Crippen LogP contribution in [0.25, 0.3) is 0 Å². The van der Waals surface area contributed by atoms with Gasteiger partial charge in [-0.1, -0.05) is 13.8 Å². The van der Waals surface area contributed by atoms with Crippen molar-refractivity contribution in [2.24, 2.45) is 16.3 Å². The molecule has 6 nitrogen and oxygen atoms in total. The standard InChI is InChI=1S/C19H36N4O2/c1-7-21-17(22-15-13-19(4,25-6)18(15,2)3)23-10-8-14(9-11-23)12-16(24)20-5/h14-15H,7-13H2,1-6H3,(H,20,24)(H,21,22). The molecular weight excluding hydrogens is 316 g/mol. The van der Waals surface area contributed by atoms with E-state index in [9.17, 15) is 4.79 Å². The van der Waals surface area contributed by atoms with Gasteiger partial charge in [-0.2, -0.15) is 0 Å². The number of carbonyl (C=O) groups excluding carboxylic acids is 1. The number of hydrogen-bond acceptors (Lipinski definition) is 3. The van der Waals surface area contributed by atoms with Gasteiger partial charge in [-0.25, -0.2) is 0 Å². The molecule has 6 heteroatoms. The molecule has 0 aromatic carbocycles. The summed E-state index contributed by atoms with van der Waals surface area (Å²) < 4.78 is 5.74. The second-order valence-electron chi connectivity index (χ2n) is 8.16. The molecule has 2 aliphatic rings. The largest absolute Gasteiger partial charge is 0.378 e. The van der Waals surface area contributed by atoms with Gasteiger partial charge in [0, 0.05) is 51.7 Å². The molecule has 1 heterocycles. The van der Waals surface area contributed by atoms with Crippen molar-refractivity contribution >= 4 is 11.9 Å². The highest BCUT2D eigenvalue weighted by atomic mass is 16.5. The minimum Gasteiger partial charge on any atom is -0.378 e. The summed E-state index contributed by atoms with van der Waals surface area (Å²) in [6.07, 6.45) is 3.72. The van der Waals surface area contributed by atoms with Crippen molar-refractivity contribution in [1.82, 2.24) is 15.5 Å². The van der Waals surface area contributed by atoms with E-state index in [-0.39, 0.29) is 16.9 Å². The number of methoxy groups -OCH3 is 1. The van der Waals surface area contributed by atoms with Gasteiger partial charge in [0.15, 0.2) is 5.96 Å². The Morgan fingerprint density at radius 2 is 1.92 bits per heavy atom. The van der Waals surface area contributed by atoms with Crippen LogP contribution in [0.5, 0.6) is 0 Å². The summed E-state index contributed by atoms with van der Waals surface area (Å²) in [5.41, 5.74) is -0.0176. The maximum Gasteiger partial charge on any atom is 0.220 e. The van der Waals surface area contributed by atoms with Crippen LogP contribution in [0.1, 0.15) is 53.4 Å².